The Hall–Kier alpha value is -4.19. The van der Waals surface area contributed by atoms with E-state index in [4.69, 9.17) is 24.2 Å². The number of anilines is 1. The summed E-state index contributed by atoms with van der Waals surface area (Å²) in [6.45, 7) is 7.02. The van der Waals surface area contributed by atoms with Gasteiger partial charge in [-0.2, -0.15) is 0 Å². The van der Waals surface area contributed by atoms with Crippen LogP contribution < -0.4 is 19.7 Å². The van der Waals surface area contributed by atoms with Crippen molar-refractivity contribution in [3.05, 3.63) is 47.9 Å². The Morgan fingerprint density at radius 3 is 2.81 bits per heavy atom. The van der Waals surface area contributed by atoms with Crippen molar-refractivity contribution in [1.29, 1.82) is 0 Å². The standard InChI is InChI=1S/C30H37N7O5/c1-19(2)22-16-26(35-29(34-22)28-32-9-10-33-28)36-11-12-37(30(39)24-4-3-13-40-24)21(17-36)15-27(38)31-8-7-20-5-6-23-25(14-20)42-18-41-23/h5-6,9-10,14,16,19,21,24H,3-4,7-8,11-13,15,17-18H2,1-2H3,(H,31,38)(H,32,33). The lowest BCUT2D eigenvalue weighted by molar-refractivity contribution is -0.144. The first-order chi connectivity index (χ1) is 20.4. The van der Waals surface area contributed by atoms with E-state index in [0.717, 1.165) is 35.0 Å². The van der Waals surface area contributed by atoms with E-state index in [1.165, 1.54) is 0 Å². The number of H-pyrrole nitrogens is 1. The molecule has 222 valence electrons. The van der Waals surface area contributed by atoms with E-state index in [-0.39, 0.29) is 37.0 Å². The topological polar surface area (TPSA) is 135 Å². The number of fused-ring (bicyclic) bond motifs is 1. The van der Waals surface area contributed by atoms with Crippen LogP contribution in [-0.2, 0) is 20.7 Å². The molecule has 0 saturated carbocycles. The third kappa shape index (κ3) is 6.18. The molecule has 2 amide bonds. The van der Waals surface area contributed by atoms with Crippen molar-refractivity contribution in [2.75, 3.05) is 44.5 Å². The summed E-state index contributed by atoms with van der Waals surface area (Å²) in [6.07, 6.45) is 5.41. The summed E-state index contributed by atoms with van der Waals surface area (Å²) >= 11 is 0. The van der Waals surface area contributed by atoms with Gasteiger partial charge in [-0.15, -0.1) is 0 Å². The van der Waals surface area contributed by atoms with Gasteiger partial charge in [0, 0.05) is 63.4 Å². The minimum atomic E-state index is -0.440. The van der Waals surface area contributed by atoms with Crippen molar-refractivity contribution in [3.63, 3.8) is 0 Å². The monoisotopic (exact) mass is 575 g/mol. The van der Waals surface area contributed by atoms with Crippen LogP contribution >= 0.6 is 0 Å². The Morgan fingerprint density at radius 2 is 2.02 bits per heavy atom. The van der Waals surface area contributed by atoms with Crippen LogP contribution in [0.4, 0.5) is 5.82 Å². The molecule has 3 aliphatic rings. The first-order valence-electron chi connectivity index (χ1n) is 14.7. The molecule has 2 N–H and O–H groups in total. The van der Waals surface area contributed by atoms with Crippen LogP contribution in [0.1, 0.15) is 50.3 Å². The zero-order valence-corrected chi connectivity index (χ0v) is 24.0. The van der Waals surface area contributed by atoms with Gasteiger partial charge in [-0.3, -0.25) is 9.59 Å². The van der Waals surface area contributed by atoms with E-state index in [1.807, 2.05) is 29.2 Å². The second-order valence-electron chi connectivity index (χ2n) is 11.2. The molecule has 3 aromatic rings. The van der Waals surface area contributed by atoms with Crippen LogP contribution in [0.15, 0.2) is 36.7 Å². The van der Waals surface area contributed by atoms with Gasteiger partial charge in [-0.25, -0.2) is 15.0 Å². The minimum absolute atomic E-state index is 0.0351. The third-order valence-corrected chi connectivity index (χ3v) is 7.92. The predicted octanol–water partition coefficient (Wildman–Crippen LogP) is 2.66. The highest BCUT2D eigenvalue weighted by Crippen LogP contribution is 2.32. The molecule has 2 aromatic heterocycles. The highest BCUT2D eigenvalue weighted by atomic mass is 16.7. The number of aromatic amines is 1. The number of piperazine rings is 1. The maximum atomic E-state index is 13.5. The van der Waals surface area contributed by atoms with E-state index in [2.05, 4.69) is 34.0 Å². The molecule has 2 saturated heterocycles. The molecule has 12 heteroatoms. The van der Waals surface area contributed by atoms with Crippen LogP contribution in [0.5, 0.6) is 11.5 Å². The minimum Gasteiger partial charge on any atom is -0.454 e. The lowest BCUT2D eigenvalue weighted by Gasteiger charge is -2.42. The molecule has 6 rings (SSSR count). The molecule has 3 aliphatic heterocycles. The lowest BCUT2D eigenvalue weighted by atomic mass is 10.0. The highest BCUT2D eigenvalue weighted by molar-refractivity contribution is 5.83. The number of nitrogens with zero attached hydrogens (tertiary/aromatic N) is 5. The fourth-order valence-electron chi connectivity index (χ4n) is 5.62. The SMILES string of the molecule is CC(C)c1cc(N2CCN(C(=O)C3CCCO3)C(CC(=O)NCCc3ccc4c(c3)OCO4)C2)nc(-c2ncc[nH]2)n1. The molecule has 0 radical (unpaired) electrons. The molecule has 2 fully saturated rings. The predicted molar refractivity (Wildman–Crippen MR) is 154 cm³/mol. The Balaban J connectivity index is 1.16. The van der Waals surface area contributed by atoms with E-state index in [9.17, 15) is 9.59 Å². The normalized spacial score (nSPS) is 19.9. The summed E-state index contributed by atoms with van der Waals surface area (Å²) in [5, 5.41) is 3.04. The van der Waals surface area contributed by atoms with Crippen LogP contribution in [0.2, 0.25) is 0 Å². The van der Waals surface area contributed by atoms with Crippen LogP contribution in [0.25, 0.3) is 11.6 Å². The summed E-state index contributed by atoms with van der Waals surface area (Å²) < 4.78 is 16.6. The number of amides is 2. The van der Waals surface area contributed by atoms with Gasteiger partial charge in [0.05, 0.1) is 6.04 Å². The smallest absolute Gasteiger partial charge is 0.252 e. The molecule has 1 aromatic carbocycles. The first kappa shape index (κ1) is 28.0. The maximum Gasteiger partial charge on any atom is 0.252 e. The average molecular weight is 576 g/mol. The highest BCUT2D eigenvalue weighted by Gasteiger charge is 2.37. The van der Waals surface area contributed by atoms with Gasteiger partial charge >= 0.3 is 0 Å². The van der Waals surface area contributed by atoms with Crippen molar-refractivity contribution in [1.82, 2.24) is 30.2 Å². The zero-order chi connectivity index (χ0) is 29.1. The maximum absolute atomic E-state index is 13.5. The third-order valence-electron chi connectivity index (χ3n) is 7.92. The first-order valence-corrected chi connectivity index (χ1v) is 14.7. The molecule has 0 aliphatic carbocycles. The van der Waals surface area contributed by atoms with Gasteiger partial charge in [0.15, 0.2) is 23.1 Å². The number of carbonyl (C=O) groups excluding carboxylic acids is 2. The number of carbonyl (C=O) groups is 2. The Morgan fingerprint density at radius 1 is 1.14 bits per heavy atom. The summed E-state index contributed by atoms with van der Waals surface area (Å²) in [5.74, 6) is 3.40. The van der Waals surface area contributed by atoms with E-state index < -0.39 is 6.10 Å². The average Bonchev–Trinajstić information content (AvgIpc) is 3.79. The summed E-state index contributed by atoms with van der Waals surface area (Å²) in [5.41, 5.74) is 1.96. The van der Waals surface area contributed by atoms with Crippen LogP contribution in [-0.4, -0.2) is 88.4 Å². The van der Waals surface area contributed by atoms with E-state index in [1.54, 1.807) is 12.4 Å². The van der Waals surface area contributed by atoms with Crippen LogP contribution in [0.3, 0.4) is 0 Å². The van der Waals surface area contributed by atoms with Gasteiger partial charge in [0.2, 0.25) is 12.7 Å². The number of hydrogen-bond donors (Lipinski definition) is 2. The molecular weight excluding hydrogens is 538 g/mol. The fraction of sp³-hybridized carbons (Fsp3) is 0.500. The van der Waals surface area contributed by atoms with Gasteiger partial charge in [-0.1, -0.05) is 19.9 Å². The molecule has 0 bridgehead atoms. The van der Waals surface area contributed by atoms with Gasteiger partial charge in [0.25, 0.3) is 5.91 Å². The van der Waals surface area contributed by atoms with Gasteiger partial charge in [0.1, 0.15) is 11.9 Å². The van der Waals surface area contributed by atoms with Gasteiger partial charge in [-0.05, 0) is 42.9 Å². The van der Waals surface area contributed by atoms with E-state index in [0.29, 0.717) is 57.3 Å². The summed E-state index contributed by atoms with van der Waals surface area (Å²) in [6, 6.07) is 7.48. The largest absolute Gasteiger partial charge is 0.454 e. The molecule has 12 nitrogen and oxygen atoms in total. The number of nitrogens with one attached hydrogen (secondary N) is 2. The summed E-state index contributed by atoms with van der Waals surface area (Å²) in [7, 11) is 0. The second-order valence-corrected chi connectivity index (χ2v) is 11.2. The van der Waals surface area contributed by atoms with Crippen molar-refractivity contribution in [3.8, 4) is 23.1 Å². The lowest BCUT2D eigenvalue weighted by Crippen LogP contribution is -2.58. The summed E-state index contributed by atoms with van der Waals surface area (Å²) in [4.78, 5) is 47.6. The number of benzene rings is 1. The van der Waals surface area contributed by atoms with Gasteiger partial charge < -0.3 is 34.3 Å². The quantitative estimate of drug-likeness (QED) is 0.395. The molecule has 2 unspecified atom stereocenters. The Bertz CT molecular complexity index is 1410. The van der Waals surface area contributed by atoms with Crippen LogP contribution in [0, 0.1) is 0 Å². The molecule has 0 spiro atoms. The van der Waals surface area contributed by atoms with Crippen molar-refractivity contribution >= 4 is 17.6 Å². The van der Waals surface area contributed by atoms with Crippen molar-refractivity contribution in [2.45, 2.75) is 57.6 Å². The fourth-order valence-corrected chi connectivity index (χ4v) is 5.62. The zero-order valence-electron chi connectivity index (χ0n) is 24.0. The molecule has 5 heterocycles. The van der Waals surface area contributed by atoms with E-state index >= 15 is 0 Å². The van der Waals surface area contributed by atoms with Crippen molar-refractivity contribution in [2.24, 2.45) is 0 Å². The van der Waals surface area contributed by atoms with Crippen molar-refractivity contribution < 1.29 is 23.8 Å². The molecular formula is C30H37N7O5. The molecule has 2 atom stereocenters. The number of ether oxygens (including phenoxy) is 3. The molecule has 42 heavy (non-hydrogen) atoms. The Kier molecular flexibility index (Phi) is 8.22. The number of aromatic nitrogens is 4. The second kappa shape index (κ2) is 12.4. The number of rotatable bonds is 9. The Labute approximate surface area is 244 Å². The number of imidazole rings is 1. The number of hydrogen-bond acceptors (Lipinski definition) is 9.